The summed E-state index contributed by atoms with van der Waals surface area (Å²) in [5.74, 6) is -1.26. The van der Waals surface area contributed by atoms with Crippen molar-refractivity contribution in [2.75, 3.05) is 5.32 Å². The number of hydrazine groups is 1. The van der Waals surface area contributed by atoms with Crippen molar-refractivity contribution in [1.82, 2.24) is 10.9 Å². The Hall–Kier alpha value is -2.09. The van der Waals surface area contributed by atoms with Crippen LogP contribution < -0.4 is 16.2 Å². The summed E-state index contributed by atoms with van der Waals surface area (Å²) in [7, 11) is 0. The highest BCUT2D eigenvalue weighted by Gasteiger charge is 2.11. The van der Waals surface area contributed by atoms with Crippen molar-refractivity contribution in [3.8, 4) is 0 Å². The average Bonchev–Trinajstić information content (AvgIpc) is 3.08. The molecule has 0 spiro atoms. The molecule has 0 saturated carbocycles. The Morgan fingerprint density at radius 3 is 2.42 bits per heavy atom. The Labute approximate surface area is 152 Å². The third kappa shape index (κ3) is 5.52. The molecule has 0 bridgehead atoms. The molecule has 0 aliphatic rings. The fraction of sp³-hybridized carbons (Fsp3) is 0.133. The maximum Gasteiger partial charge on any atom is 0.279 e. The van der Waals surface area contributed by atoms with Crippen LogP contribution in [0.15, 0.2) is 35.7 Å². The van der Waals surface area contributed by atoms with Gasteiger partial charge in [-0.15, -0.1) is 11.3 Å². The third-order valence-corrected chi connectivity index (χ3v) is 4.26. The van der Waals surface area contributed by atoms with Crippen LogP contribution in [-0.4, -0.2) is 17.7 Å². The molecule has 2 aromatic rings. The quantitative estimate of drug-likeness (QED) is 0.690. The summed E-state index contributed by atoms with van der Waals surface area (Å²) in [6.45, 7) is 0. The fourth-order valence-corrected chi connectivity index (χ4v) is 2.76. The molecule has 0 atom stereocenters. The van der Waals surface area contributed by atoms with Gasteiger partial charge in [0, 0.05) is 17.9 Å². The van der Waals surface area contributed by atoms with Crippen LogP contribution in [0.2, 0.25) is 10.0 Å². The van der Waals surface area contributed by atoms with Crippen LogP contribution in [-0.2, 0) is 9.59 Å². The Morgan fingerprint density at radius 1 is 1.00 bits per heavy atom. The number of anilines is 1. The van der Waals surface area contributed by atoms with E-state index in [1.165, 1.54) is 17.4 Å². The van der Waals surface area contributed by atoms with Crippen LogP contribution in [0.4, 0.5) is 5.69 Å². The van der Waals surface area contributed by atoms with Gasteiger partial charge in [0.2, 0.25) is 11.8 Å². The van der Waals surface area contributed by atoms with E-state index in [2.05, 4.69) is 16.2 Å². The van der Waals surface area contributed by atoms with Crippen molar-refractivity contribution in [2.45, 2.75) is 12.8 Å². The predicted molar refractivity (Wildman–Crippen MR) is 94.3 cm³/mol. The minimum atomic E-state index is -0.475. The van der Waals surface area contributed by atoms with Gasteiger partial charge in [-0.3, -0.25) is 25.2 Å². The zero-order valence-corrected chi connectivity index (χ0v) is 14.6. The molecule has 3 amide bonds. The van der Waals surface area contributed by atoms with Crippen molar-refractivity contribution in [2.24, 2.45) is 0 Å². The number of thiophene rings is 1. The number of amides is 3. The van der Waals surface area contributed by atoms with E-state index in [0.29, 0.717) is 20.6 Å². The van der Waals surface area contributed by atoms with Crippen LogP contribution in [0.1, 0.15) is 22.5 Å². The van der Waals surface area contributed by atoms with Crippen LogP contribution in [0.25, 0.3) is 0 Å². The summed E-state index contributed by atoms with van der Waals surface area (Å²) in [6, 6.07) is 8.04. The molecule has 126 valence electrons. The number of hydrogen-bond donors (Lipinski definition) is 3. The summed E-state index contributed by atoms with van der Waals surface area (Å²) in [6.07, 6.45) is -0.137. The zero-order chi connectivity index (χ0) is 17.5. The smallest absolute Gasteiger partial charge is 0.279 e. The summed E-state index contributed by atoms with van der Waals surface area (Å²) in [5.41, 5.74) is 4.95. The van der Waals surface area contributed by atoms with Gasteiger partial charge in [-0.25, -0.2) is 0 Å². The second-order valence-electron chi connectivity index (χ2n) is 4.65. The molecule has 0 aliphatic heterocycles. The zero-order valence-electron chi connectivity index (χ0n) is 12.3. The highest BCUT2D eigenvalue weighted by atomic mass is 35.5. The minimum Gasteiger partial charge on any atom is -0.325 e. The summed E-state index contributed by atoms with van der Waals surface area (Å²) in [5, 5.41) is 5.10. The molecule has 24 heavy (non-hydrogen) atoms. The number of halogens is 2. The van der Waals surface area contributed by atoms with Gasteiger partial charge in [-0.1, -0.05) is 29.3 Å². The fourth-order valence-electron chi connectivity index (χ4n) is 1.69. The van der Waals surface area contributed by atoms with Gasteiger partial charge in [0.05, 0.1) is 15.6 Å². The van der Waals surface area contributed by atoms with Crippen molar-refractivity contribution in [3.63, 3.8) is 0 Å². The lowest BCUT2D eigenvalue weighted by Gasteiger charge is -2.08. The standard InChI is InChI=1S/C15H13Cl2N3O3S/c16-9-3-4-11(10(17)8-9)18-13(21)5-6-14(22)19-20-15(23)12-2-1-7-24-12/h1-4,7-8H,5-6H2,(H,18,21)(H,19,22)(H,20,23). The molecular weight excluding hydrogens is 373 g/mol. The topological polar surface area (TPSA) is 87.3 Å². The molecule has 0 aliphatic carbocycles. The molecule has 0 radical (unpaired) electrons. The van der Waals surface area contributed by atoms with Crippen LogP contribution in [0, 0.1) is 0 Å². The van der Waals surface area contributed by atoms with Crippen molar-refractivity contribution in [3.05, 3.63) is 50.6 Å². The number of benzene rings is 1. The van der Waals surface area contributed by atoms with E-state index in [1.807, 2.05) is 0 Å². The molecule has 2 rings (SSSR count). The molecule has 9 heteroatoms. The van der Waals surface area contributed by atoms with Gasteiger partial charge in [-0.2, -0.15) is 0 Å². The third-order valence-electron chi connectivity index (χ3n) is 2.84. The maximum absolute atomic E-state index is 11.8. The second kappa shape index (κ2) is 8.68. The molecule has 1 heterocycles. The highest BCUT2D eigenvalue weighted by molar-refractivity contribution is 7.12. The first-order valence-electron chi connectivity index (χ1n) is 6.83. The van der Waals surface area contributed by atoms with Gasteiger partial charge >= 0.3 is 0 Å². The van der Waals surface area contributed by atoms with Gasteiger partial charge in [-0.05, 0) is 29.6 Å². The van der Waals surface area contributed by atoms with E-state index in [-0.39, 0.29) is 18.7 Å². The summed E-state index contributed by atoms with van der Waals surface area (Å²) >= 11 is 13.0. The maximum atomic E-state index is 11.8. The van der Waals surface area contributed by atoms with Crippen molar-refractivity contribution in [1.29, 1.82) is 0 Å². The Bertz CT molecular complexity index is 750. The van der Waals surface area contributed by atoms with Crippen molar-refractivity contribution < 1.29 is 14.4 Å². The largest absolute Gasteiger partial charge is 0.325 e. The van der Waals surface area contributed by atoms with E-state index in [0.717, 1.165) is 0 Å². The first-order valence-corrected chi connectivity index (χ1v) is 8.47. The van der Waals surface area contributed by atoms with E-state index >= 15 is 0 Å². The first kappa shape index (κ1) is 18.3. The predicted octanol–water partition coefficient (Wildman–Crippen LogP) is 3.23. The number of rotatable bonds is 5. The molecule has 0 fully saturated rings. The van der Waals surface area contributed by atoms with E-state index in [1.54, 1.807) is 29.6 Å². The minimum absolute atomic E-state index is 0.0559. The highest BCUT2D eigenvalue weighted by Crippen LogP contribution is 2.25. The Kier molecular flexibility index (Phi) is 6.60. The summed E-state index contributed by atoms with van der Waals surface area (Å²) in [4.78, 5) is 35.6. The normalized spacial score (nSPS) is 10.1. The molecule has 1 aromatic carbocycles. The van der Waals surface area contributed by atoms with E-state index < -0.39 is 11.8 Å². The number of nitrogens with one attached hydrogen (secondary N) is 3. The second-order valence-corrected chi connectivity index (χ2v) is 6.44. The average molecular weight is 386 g/mol. The molecule has 1 aromatic heterocycles. The lowest BCUT2D eigenvalue weighted by Crippen LogP contribution is -2.41. The number of hydrogen-bond acceptors (Lipinski definition) is 4. The number of carbonyl (C=O) groups is 3. The van der Waals surface area contributed by atoms with E-state index in [9.17, 15) is 14.4 Å². The monoisotopic (exact) mass is 385 g/mol. The van der Waals surface area contributed by atoms with Gasteiger partial charge < -0.3 is 5.32 Å². The van der Waals surface area contributed by atoms with Gasteiger partial charge in [0.15, 0.2) is 0 Å². The SMILES string of the molecule is O=C(CCC(=O)Nc1ccc(Cl)cc1Cl)NNC(=O)c1cccs1. The molecule has 0 unspecified atom stereocenters. The Morgan fingerprint density at radius 2 is 1.75 bits per heavy atom. The van der Waals surface area contributed by atoms with Crippen molar-refractivity contribution >= 4 is 57.9 Å². The van der Waals surface area contributed by atoms with E-state index in [4.69, 9.17) is 23.2 Å². The van der Waals surface area contributed by atoms with Crippen LogP contribution in [0.3, 0.4) is 0 Å². The molecule has 3 N–H and O–H groups in total. The first-order chi connectivity index (χ1) is 11.5. The van der Waals surface area contributed by atoms with Crippen LogP contribution in [0.5, 0.6) is 0 Å². The molecular formula is C15H13Cl2N3O3S. The van der Waals surface area contributed by atoms with Gasteiger partial charge in [0.1, 0.15) is 0 Å². The molecule has 6 nitrogen and oxygen atoms in total. The van der Waals surface area contributed by atoms with Gasteiger partial charge in [0.25, 0.3) is 5.91 Å². The lowest BCUT2D eigenvalue weighted by atomic mass is 10.2. The lowest BCUT2D eigenvalue weighted by molar-refractivity contribution is -0.124. The Balaban J connectivity index is 1.73. The summed E-state index contributed by atoms with van der Waals surface area (Å²) < 4.78 is 0. The molecule has 0 saturated heterocycles. The number of carbonyl (C=O) groups excluding carboxylic acids is 3. The van der Waals surface area contributed by atoms with Crippen LogP contribution >= 0.6 is 34.5 Å².